The first-order valence-corrected chi connectivity index (χ1v) is 7.26. The van der Waals surface area contributed by atoms with E-state index in [9.17, 15) is 4.79 Å². The van der Waals surface area contributed by atoms with Crippen LogP contribution in [-0.2, 0) is 9.53 Å². The summed E-state index contributed by atoms with van der Waals surface area (Å²) in [6.45, 7) is 6.84. The van der Waals surface area contributed by atoms with Crippen LogP contribution in [0.25, 0.3) is 0 Å². The zero-order chi connectivity index (χ0) is 15.2. The Morgan fingerprint density at radius 3 is 2.81 bits per heavy atom. The minimum atomic E-state index is -0.320. The van der Waals surface area contributed by atoms with E-state index in [1.165, 1.54) is 0 Å². The number of nitrogens with one attached hydrogen (secondary N) is 1. The fourth-order valence-electron chi connectivity index (χ4n) is 2.32. The number of benzene rings is 1. The number of carbonyl (C=O) groups excluding carboxylic acids is 1. The number of morpholine rings is 1. The molecule has 0 aromatic heterocycles. The molecule has 1 atom stereocenters. The number of nitrogen functional groups attached to an aromatic ring is 1. The maximum absolute atomic E-state index is 12.3. The van der Waals surface area contributed by atoms with Gasteiger partial charge in [0, 0.05) is 36.6 Å². The summed E-state index contributed by atoms with van der Waals surface area (Å²) in [5.74, 6) is 0.768. The van der Waals surface area contributed by atoms with Gasteiger partial charge in [0.05, 0.1) is 19.8 Å². The summed E-state index contributed by atoms with van der Waals surface area (Å²) >= 11 is 0. The molecule has 0 bridgehead atoms. The summed E-state index contributed by atoms with van der Waals surface area (Å²) in [7, 11) is 0. The highest BCUT2D eigenvalue weighted by atomic mass is 16.5. The van der Waals surface area contributed by atoms with E-state index in [1.54, 1.807) is 12.1 Å². The van der Waals surface area contributed by atoms with Gasteiger partial charge in [0.25, 0.3) is 0 Å². The van der Waals surface area contributed by atoms with Crippen LogP contribution < -0.4 is 15.8 Å². The lowest BCUT2D eigenvalue weighted by molar-refractivity contribution is -0.135. The number of anilines is 2. The molecule has 1 aliphatic rings. The first-order valence-electron chi connectivity index (χ1n) is 7.26. The van der Waals surface area contributed by atoms with Crippen LogP contribution >= 0.6 is 0 Å². The molecule has 1 fully saturated rings. The van der Waals surface area contributed by atoms with E-state index in [1.807, 2.05) is 24.8 Å². The third-order valence-electron chi connectivity index (χ3n) is 3.32. The molecule has 1 saturated heterocycles. The lowest BCUT2D eigenvalue weighted by Crippen LogP contribution is -2.47. The van der Waals surface area contributed by atoms with Crippen molar-refractivity contribution in [3.05, 3.63) is 18.2 Å². The normalized spacial score (nSPS) is 16.4. The van der Waals surface area contributed by atoms with Gasteiger partial charge in [-0.25, -0.2) is 0 Å². The first-order chi connectivity index (χ1) is 10.1. The van der Waals surface area contributed by atoms with Gasteiger partial charge in [-0.05, 0) is 19.9 Å². The molecule has 3 N–H and O–H groups in total. The minimum absolute atomic E-state index is 0.0682. The van der Waals surface area contributed by atoms with Gasteiger partial charge in [0.2, 0.25) is 5.91 Å². The Morgan fingerprint density at radius 2 is 2.14 bits per heavy atom. The highest BCUT2D eigenvalue weighted by molar-refractivity contribution is 5.84. The summed E-state index contributed by atoms with van der Waals surface area (Å²) in [6, 6.07) is 5.09. The van der Waals surface area contributed by atoms with Crippen LogP contribution in [0.1, 0.15) is 13.8 Å². The number of rotatable bonds is 5. The Labute approximate surface area is 125 Å². The van der Waals surface area contributed by atoms with Gasteiger partial charge in [-0.1, -0.05) is 0 Å². The van der Waals surface area contributed by atoms with Crippen LogP contribution in [0, 0.1) is 0 Å². The van der Waals surface area contributed by atoms with Crippen molar-refractivity contribution in [3.8, 4) is 5.75 Å². The quantitative estimate of drug-likeness (QED) is 0.801. The van der Waals surface area contributed by atoms with Crippen LogP contribution in [0.2, 0.25) is 0 Å². The van der Waals surface area contributed by atoms with Gasteiger partial charge >= 0.3 is 0 Å². The van der Waals surface area contributed by atoms with Crippen LogP contribution in [0.15, 0.2) is 18.2 Å². The maximum atomic E-state index is 12.3. The Morgan fingerprint density at radius 1 is 1.43 bits per heavy atom. The highest BCUT2D eigenvalue weighted by Crippen LogP contribution is 2.23. The lowest BCUT2D eigenvalue weighted by Gasteiger charge is -2.29. The molecule has 1 aromatic rings. The van der Waals surface area contributed by atoms with Crippen molar-refractivity contribution in [3.63, 3.8) is 0 Å². The van der Waals surface area contributed by atoms with Gasteiger partial charge in [-0.3, -0.25) is 4.79 Å². The molecular formula is C15H23N3O3. The number of ether oxygens (including phenoxy) is 2. The molecule has 0 saturated carbocycles. The van der Waals surface area contributed by atoms with Crippen molar-refractivity contribution in [2.24, 2.45) is 0 Å². The molecule has 21 heavy (non-hydrogen) atoms. The second kappa shape index (κ2) is 7.17. The van der Waals surface area contributed by atoms with Crippen molar-refractivity contribution in [2.75, 3.05) is 44.0 Å². The number of carbonyl (C=O) groups is 1. The Kier molecular flexibility index (Phi) is 5.27. The third kappa shape index (κ3) is 4.26. The molecule has 1 aliphatic heterocycles. The highest BCUT2D eigenvalue weighted by Gasteiger charge is 2.22. The summed E-state index contributed by atoms with van der Waals surface area (Å²) < 4.78 is 10.7. The summed E-state index contributed by atoms with van der Waals surface area (Å²) in [5, 5.41) is 3.19. The lowest BCUT2D eigenvalue weighted by atomic mass is 10.2. The Balaban J connectivity index is 2.01. The standard InChI is InChI=1S/C15H23N3O3/c1-3-21-14-9-12(16)8-13(10-14)17-11(2)15(19)18-4-6-20-7-5-18/h8-11,17H,3-7,16H2,1-2H3. The largest absolute Gasteiger partial charge is 0.494 e. The fourth-order valence-corrected chi connectivity index (χ4v) is 2.32. The molecule has 1 amide bonds. The van der Waals surface area contributed by atoms with Crippen molar-refractivity contribution in [2.45, 2.75) is 19.9 Å². The summed E-state index contributed by atoms with van der Waals surface area (Å²) in [5.41, 5.74) is 7.24. The zero-order valence-corrected chi connectivity index (χ0v) is 12.6. The molecule has 116 valence electrons. The van der Waals surface area contributed by atoms with Crippen molar-refractivity contribution in [1.29, 1.82) is 0 Å². The maximum Gasteiger partial charge on any atom is 0.244 e. The van der Waals surface area contributed by atoms with E-state index in [4.69, 9.17) is 15.2 Å². The average molecular weight is 293 g/mol. The SMILES string of the molecule is CCOc1cc(N)cc(NC(C)C(=O)N2CCOCC2)c1. The molecule has 6 nitrogen and oxygen atoms in total. The number of amides is 1. The fraction of sp³-hybridized carbons (Fsp3) is 0.533. The van der Waals surface area contributed by atoms with Gasteiger partial charge in [-0.2, -0.15) is 0 Å². The van der Waals surface area contributed by atoms with Crippen molar-refractivity contribution in [1.82, 2.24) is 4.90 Å². The van der Waals surface area contributed by atoms with Crippen LogP contribution in [0.3, 0.4) is 0 Å². The van der Waals surface area contributed by atoms with E-state index in [0.717, 1.165) is 5.69 Å². The van der Waals surface area contributed by atoms with Gasteiger partial charge in [0.15, 0.2) is 0 Å². The summed E-state index contributed by atoms with van der Waals surface area (Å²) in [6.07, 6.45) is 0. The molecule has 1 unspecified atom stereocenters. The second-order valence-corrected chi connectivity index (χ2v) is 5.03. The monoisotopic (exact) mass is 293 g/mol. The molecule has 0 spiro atoms. The Hall–Kier alpha value is -1.95. The van der Waals surface area contributed by atoms with Gasteiger partial charge in [-0.15, -0.1) is 0 Å². The molecule has 1 aromatic carbocycles. The van der Waals surface area contributed by atoms with Crippen molar-refractivity contribution >= 4 is 17.3 Å². The first kappa shape index (κ1) is 15.4. The minimum Gasteiger partial charge on any atom is -0.494 e. The zero-order valence-electron chi connectivity index (χ0n) is 12.6. The summed E-state index contributed by atoms with van der Waals surface area (Å²) in [4.78, 5) is 14.2. The molecule has 0 radical (unpaired) electrons. The number of hydrogen-bond acceptors (Lipinski definition) is 5. The molecule has 1 heterocycles. The predicted molar refractivity (Wildman–Crippen MR) is 82.5 cm³/mol. The third-order valence-corrected chi connectivity index (χ3v) is 3.32. The van der Waals surface area contributed by atoms with Crippen LogP contribution in [0.4, 0.5) is 11.4 Å². The smallest absolute Gasteiger partial charge is 0.244 e. The number of hydrogen-bond donors (Lipinski definition) is 2. The predicted octanol–water partition coefficient (Wildman–Crippen LogP) is 1.33. The van der Waals surface area contributed by atoms with E-state index in [0.29, 0.717) is 44.3 Å². The molecular weight excluding hydrogens is 270 g/mol. The van der Waals surface area contributed by atoms with Crippen LogP contribution in [0.5, 0.6) is 5.75 Å². The van der Waals surface area contributed by atoms with E-state index >= 15 is 0 Å². The average Bonchev–Trinajstić information content (AvgIpc) is 2.47. The second-order valence-electron chi connectivity index (χ2n) is 5.03. The van der Waals surface area contributed by atoms with E-state index in [2.05, 4.69) is 5.32 Å². The van der Waals surface area contributed by atoms with Gasteiger partial charge < -0.3 is 25.4 Å². The molecule has 6 heteroatoms. The number of nitrogens with zero attached hydrogens (tertiary/aromatic N) is 1. The molecule has 2 rings (SSSR count). The number of nitrogens with two attached hydrogens (primary N) is 1. The topological polar surface area (TPSA) is 76.8 Å². The van der Waals surface area contributed by atoms with E-state index in [-0.39, 0.29) is 11.9 Å². The van der Waals surface area contributed by atoms with E-state index < -0.39 is 0 Å². The van der Waals surface area contributed by atoms with Crippen molar-refractivity contribution < 1.29 is 14.3 Å². The van der Waals surface area contributed by atoms with Crippen LogP contribution in [-0.4, -0.2) is 49.8 Å². The Bertz CT molecular complexity index is 487. The molecule has 0 aliphatic carbocycles. The van der Waals surface area contributed by atoms with Gasteiger partial charge in [0.1, 0.15) is 11.8 Å².